The van der Waals surface area contributed by atoms with Crippen molar-refractivity contribution in [1.82, 2.24) is 0 Å². The van der Waals surface area contributed by atoms with Gasteiger partial charge in [-0.2, -0.15) is 0 Å². The Morgan fingerprint density at radius 2 is 2.17 bits per heavy atom. The van der Waals surface area contributed by atoms with Gasteiger partial charge >= 0.3 is 0 Å². The molecule has 0 aliphatic rings. The van der Waals surface area contributed by atoms with Gasteiger partial charge in [0.1, 0.15) is 5.75 Å². The van der Waals surface area contributed by atoms with Crippen LogP contribution in [0.3, 0.4) is 0 Å². The van der Waals surface area contributed by atoms with Gasteiger partial charge in [-0.1, -0.05) is 12.1 Å². The molecule has 0 bridgehead atoms. The van der Waals surface area contributed by atoms with E-state index in [0.717, 1.165) is 16.9 Å². The van der Waals surface area contributed by atoms with Crippen molar-refractivity contribution in [3.63, 3.8) is 0 Å². The number of methoxy groups -OCH3 is 1. The van der Waals surface area contributed by atoms with E-state index in [1.165, 1.54) is 0 Å². The van der Waals surface area contributed by atoms with Crippen molar-refractivity contribution >= 4 is 5.57 Å². The van der Waals surface area contributed by atoms with Crippen molar-refractivity contribution < 1.29 is 4.74 Å². The first-order chi connectivity index (χ1) is 5.77. The highest BCUT2D eigenvalue weighted by Gasteiger charge is 1.95. The van der Waals surface area contributed by atoms with E-state index in [9.17, 15) is 0 Å². The van der Waals surface area contributed by atoms with Crippen LogP contribution in [0.1, 0.15) is 19.4 Å². The smallest absolute Gasteiger partial charge is 0.119 e. The molecular weight excluding hydrogens is 148 g/mol. The van der Waals surface area contributed by atoms with Gasteiger partial charge in [-0.15, -0.1) is 0 Å². The van der Waals surface area contributed by atoms with Gasteiger partial charge in [-0.05, 0) is 43.2 Å². The Hall–Kier alpha value is -1.24. The number of hydrogen-bond donors (Lipinski definition) is 0. The van der Waals surface area contributed by atoms with Gasteiger partial charge in [-0.3, -0.25) is 0 Å². The molecule has 0 N–H and O–H groups in total. The zero-order valence-electron chi connectivity index (χ0n) is 7.72. The normalized spacial score (nSPS) is 11.4. The van der Waals surface area contributed by atoms with E-state index >= 15 is 0 Å². The van der Waals surface area contributed by atoms with Gasteiger partial charge in [0.15, 0.2) is 0 Å². The predicted molar refractivity (Wildman–Crippen MR) is 51.0 cm³/mol. The molecule has 0 aromatic heterocycles. The summed E-state index contributed by atoms with van der Waals surface area (Å²) in [6.45, 7) is 3.95. The van der Waals surface area contributed by atoms with Crippen LogP contribution in [0.25, 0.3) is 5.57 Å². The number of allylic oxidation sites excluding steroid dienone is 2. The average Bonchev–Trinajstić information content (AvgIpc) is 2.17. The molecule has 1 aromatic rings. The molecule has 0 heterocycles. The lowest BCUT2D eigenvalue weighted by Crippen LogP contribution is -1.84. The molecule has 0 saturated heterocycles. The third kappa shape index (κ3) is 1.88. The van der Waals surface area contributed by atoms with Crippen LogP contribution in [-0.4, -0.2) is 7.11 Å². The van der Waals surface area contributed by atoms with Crippen molar-refractivity contribution in [2.24, 2.45) is 0 Å². The topological polar surface area (TPSA) is 9.23 Å². The molecule has 0 spiro atoms. The van der Waals surface area contributed by atoms with E-state index in [4.69, 9.17) is 4.74 Å². The highest BCUT2D eigenvalue weighted by molar-refractivity contribution is 5.62. The second-order valence-electron chi connectivity index (χ2n) is 2.61. The van der Waals surface area contributed by atoms with Gasteiger partial charge in [0.2, 0.25) is 0 Å². The third-order valence-corrected chi connectivity index (χ3v) is 1.88. The zero-order chi connectivity index (χ0) is 8.97. The first-order valence-electron chi connectivity index (χ1n) is 3.93. The van der Waals surface area contributed by atoms with Gasteiger partial charge < -0.3 is 4.74 Å². The Morgan fingerprint density at radius 1 is 1.42 bits per heavy atom. The molecule has 0 amide bonds. The molecule has 0 fully saturated rings. The lowest BCUT2D eigenvalue weighted by Gasteiger charge is -2.03. The van der Waals surface area contributed by atoms with Crippen LogP contribution in [0.15, 0.2) is 24.3 Å². The second kappa shape index (κ2) is 3.96. The van der Waals surface area contributed by atoms with E-state index in [1.54, 1.807) is 7.11 Å². The third-order valence-electron chi connectivity index (χ3n) is 1.88. The molecule has 1 heteroatoms. The highest BCUT2D eigenvalue weighted by atomic mass is 16.5. The maximum Gasteiger partial charge on any atom is 0.119 e. The summed E-state index contributed by atoms with van der Waals surface area (Å²) in [5.74, 6) is 0.891. The zero-order valence-corrected chi connectivity index (χ0v) is 7.72. The molecule has 1 aromatic carbocycles. The first-order valence-corrected chi connectivity index (χ1v) is 3.93. The number of hydrogen-bond acceptors (Lipinski definition) is 1. The molecule has 0 aliphatic heterocycles. The fourth-order valence-corrected chi connectivity index (χ4v) is 1.00. The summed E-state index contributed by atoms with van der Waals surface area (Å²) in [6, 6.07) is 7.97. The molecule has 0 unspecified atom stereocenters. The Morgan fingerprint density at radius 3 is 2.75 bits per heavy atom. The Kier molecular flexibility index (Phi) is 2.92. The minimum Gasteiger partial charge on any atom is -0.497 e. The number of ether oxygens (including phenoxy) is 1. The number of rotatable bonds is 2. The van der Waals surface area contributed by atoms with Crippen LogP contribution in [0.5, 0.6) is 5.75 Å². The Bertz CT molecular complexity index is 287. The molecule has 1 radical (unpaired) electrons. The van der Waals surface area contributed by atoms with Crippen LogP contribution >= 0.6 is 0 Å². The molecule has 12 heavy (non-hydrogen) atoms. The maximum atomic E-state index is 5.11. The van der Waals surface area contributed by atoms with Crippen molar-refractivity contribution in [2.75, 3.05) is 7.11 Å². The molecule has 63 valence electrons. The quantitative estimate of drug-likeness (QED) is 0.648. The summed E-state index contributed by atoms with van der Waals surface area (Å²) in [4.78, 5) is 0. The van der Waals surface area contributed by atoms with E-state index < -0.39 is 0 Å². The summed E-state index contributed by atoms with van der Waals surface area (Å²) in [6.07, 6.45) is 3.09. The average molecular weight is 161 g/mol. The van der Waals surface area contributed by atoms with E-state index in [2.05, 4.69) is 6.08 Å². The minimum atomic E-state index is 0.891. The van der Waals surface area contributed by atoms with Crippen LogP contribution in [0, 0.1) is 6.08 Å². The van der Waals surface area contributed by atoms with Gasteiger partial charge in [-0.25, -0.2) is 0 Å². The summed E-state index contributed by atoms with van der Waals surface area (Å²) >= 11 is 0. The second-order valence-corrected chi connectivity index (χ2v) is 2.61. The summed E-state index contributed by atoms with van der Waals surface area (Å²) < 4.78 is 5.11. The fourth-order valence-electron chi connectivity index (χ4n) is 1.00. The standard InChI is InChI=1S/C11H13O/c1-4-9(2)10-6-5-7-11(8-10)12-3/h5-8H,1-3H3. The fraction of sp³-hybridized carbons (Fsp3) is 0.273. The summed E-state index contributed by atoms with van der Waals surface area (Å²) in [7, 11) is 1.67. The van der Waals surface area contributed by atoms with E-state index in [1.807, 2.05) is 38.1 Å². The molecular formula is C11H13O. The molecule has 0 aliphatic carbocycles. The van der Waals surface area contributed by atoms with Gasteiger partial charge in [0.25, 0.3) is 0 Å². The van der Waals surface area contributed by atoms with E-state index in [0.29, 0.717) is 0 Å². The van der Waals surface area contributed by atoms with Crippen LogP contribution in [0.2, 0.25) is 0 Å². The van der Waals surface area contributed by atoms with Crippen LogP contribution < -0.4 is 4.74 Å². The predicted octanol–water partition coefficient (Wildman–Crippen LogP) is 2.92. The van der Waals surface area contributed by atoms with Gasteiger partial charge in [0.05, 0.1) is 7.11 Å². The number of benzene rings is 1. The largest absolute Gasteiger partial charge is 0.497 e. The lowest BCUT2D eigenvalue weighted by atomic mass is 10.1. The van der Waals surface area contributed by atoms with Crippen molar-refractivity contribution in [3.8, 4) is 5.75 Å². The van der Waals surface area contributed by atoms with E-state index in [-0.39, 0.29) is 0 Å². The van der Waals surface area contributed by atoms with Crippen molar-refractivity contribution in [3.05, 3.63) is 35.9 Å². The molecule has 1 rings (SSSR count). The van der Waals surface area contributed by atoms with Crippen molar-refractivity contribution in [2.45, 2.75) is 13.8 Å². The summed E-state index contributed by atoms with van der Waals surface area (Å²) in [5.41, 5.74) is 2.31. The lowest BCUT2D eigenvalue weighted by molar-refractivity contribution is 0.414. The maximum absolute atomic E-state index is 5.11. The van der Waals surface area contributed by atoms with Crippen LogP contribution in [0.4, 0.5) is 0 Å². The SMILES string of the molecule is C/[C]=C(/C)c1cccc(OC)c1. The highest BCUT2D eigenvalue weighted by Crippen LogP contribution is 2.18. The minimum absolute atomic E-state index is 0.891. The summed E-state index contributed by atoms with van der Waals surface area (Å²) in [5, 5.41) is 0. The monoisotopic (exact) mass is 161 g/mol. The molecule has 0 atom stereocenters. The van der Waals surface area contributed by atoms with Crippen molar-refractivity contribution in [1.29, 1.82) is 0 Å². The Balaban J connectivity index is 3.02. The molecule has 1 nitrogen and oxygen atoms in total. The first kappa shape index (κ1) is 8.85. The molecule has 0 saturated carbocycles. The Labute approximate surface area is 73.7 Å². The van der Waals surface area contributed by atoms with Gasteiger partial charge in [0, 0.05) is 0 Å². The van der Waals surface area contributed by atoms with Crippen LogP contribution in [-0.2, 0) is 0 Å².